The highest BCUT2D eigenvalue weighted by Gasteiger charge is 2.16. The zero-order valence-electron chi connectivity index (χ0n) is 11.1. The van der Waals surface area contributed by atoms with Crippen LogP contribution in [0.25, 0.3) is 0 Å². The van der Waals surface area contributed by atoms with Crippen molar-refractivity contribution in [1.82, 2.24) is 10.3 Å². The predicted octanol–water partition coefficient (Wildman–Crippen LogP) is 1.21. The Hall–Kier alpha value is -1.93. The van der Waals surface area contributed by atoms with Crippen LogP contribution in [0.4, 0.5) is 11.5 Å². The number of aromatic nitrogens is 1. The van der Waals surface area contributed by atoms with Crippen LogP contribution in [0.2, 0.25) is 5.02 Å². The molecule has 1 unspecified atom stereocenters. The van der Waals surface area contributed by atoms with E-state index in [9.17, 15) is 14.9 Å². The van der Waals surface area contributed by atoms with Gasteiger partial charge >= 0.3 is 0 Å². The predicted molar refractivity (Wildman–Crippen MR) is 73.9 cm³/mol. The monoisotopic (exact) mass is 302 g/mol. The van der Waals surface area contributed by atoms with Gasteiger partial charge in [0.05, 0.1) is 16.6 Å². The number of hydrogen-bond donors (Lipinski definition) is 2. The summed E-state index contributed by atoms with van der Waals surface area (Å²) in [6.07, 6.45) is 1.07. The van der Waals surface area contributed by atoms with Crippen molar-refractivity contribution in [2.75, 3.05) is 25.6 Å². The Labute approximate surface area is 120 Å². The summed E-state index contributed by atoms with van der Waals surface area (Å²) in [5.41, 5.74) is -0.210. The van der Waals surface area contributed by atoms with Crippen LogP contribution in [0.5, 0.6) is 0 Å². The third-order valence-electron chi connectivity index (χ3n) is 2.39. The minimum Gasteiger partial charge on any atom is -0.383 e. The SMILES string of the molecule is COCCNC(=O)C(C)Nc1ncc([N+](=O)[O-])cc1Cl. The lowest BCUT2D eigenvalue weighted by Crippen LogP contribution is -2.39. The normalized spacial score (nSPS) is 11.8. The number of nitrogens with zero attached hydrogens (tertiary/aromatic N) is 2. The number of amides is 1. The van der Waals surface area contributed by atoms with Gasteiger partial charge in [-0.15, -0.1) is 0 Å². The van der Waals surface area contributed by atoms with Gasteiger partial charge in [0.1, 0.15) is 18.1 Å². The highest BCUT2D eigenvalue weighted by molar-refractivity contribution is 6.33. The Bertz CT molecular complexity index is 497. The Morgan fingerprint density at radius 1 is 1.65 bits per heavy atom. The summed E-state index contributed by atoms with van der Waals surface area (Å²) in [5.74, 6) is -0.0371. The molecule has 1 rings (SSSR count). The maximum atomic E-state index is 11.7. The highest BCUT2D eigenvalue weighted by atomic mass is 35.5. The van der Waals surface area contributed by atoms with Gasteiger partial charge < -0.3 is 15.4 Å². The molecule has 0 aliphatic rings. The van der Waals surface area contributed by atoms with Crippen LogP contribution >= 0.6 is 11.6 Å². The van der Waals surface area contributed by atoms with Gasteiger partial charge in [-0.3, -0.25) is 14.9 Å². The van der Waals surface area contributed by atoms with E-state index >= 15 is 0 Å². The Morgan fingerprint density at radius 2 is 2.35 bits per heavy atom. The number of pyridine rings is 1. The molecule has 0 saturated heterocycles. The van der Waals surface area contributed by atoms with E-state index in [2.05, 4.69) is 15.6 Å². The van der Waals surface area contributed by atoms with Crippen LogP contribution in [0, 0.1) is 10.1 Å². The van der Waals surface area contributed by atoms with Gasteiger partial charge in [-0.2, -0.15) is 0 Å². The molecule has 0 fully saturated rings. The Balaban J connectivity index is 2.63. The van der Waals surface area contributed by atoms with E-state index in [0.29, 0.717) is 13.2 Å². The summed E-state index contributed by atoms with van der Waals surface area (Å²) in [5, 5.41) is 16.1. The van der Waals surface area contributed by atoms with E-state index in [0.717, 1.165) is 6.20 Å². The molecule has 20 heavy (non-hydrogen) atoms. The summed E-state index contributed by atoms with van der Waals surface area (Å²) in [6, 6.07) is 0.588. The summed E-state index contributed by atoms with van der Waals surface area (Å²) < 4.78 is 4.81. The number of hydrogen-bond acceptors (Lipinski definition) is 6. The summed E-state index contributed by atoms with van der Waals surface area (Å²) in [6.45, 7) is 2.43. The van der Waals surface area contributed by atoms with Gasteiger partial charge in [0.2, 0.25) is 5.91 Å². The first-order valence-corrected chi connectivity index (χ1v) is 6.16. The molecule has 1 aromatic rings. The van der Waals surface area contributed by atoms with E-state index in [4.69, 9.17) is 16.3 Å². The van der Waals surface area contributed by atoms with E-state index in [1.54, 1.807) is 6.92 Å². The van der Waals surface area contributed by atoms with Gasteiger partial charge in [0.15, 0.2) is 0 Å². The first kappa shape index (κ1) is 16.1. The van der Waals surface area contributed by atoms with Crippen LogP contribution in [-0.2, 0) is 9.53 Å². The molecule has 1 amide bonds. The van der Waals surface area contributed by atoms with Crippen LogP contribution < -0.4 is 10.6 Å². The lowest BCUT2D eigenvalue weighted by atomic mass is 10.3. The molecule has 1 heterocycles. The fourth-order valence-electron chi connectivity index (χ4n) is 1.33. The molecule has 0 aromatic carbocycles. The second kappa shape index (κ2) is 7.61. The molecule has 1 atom stereocenters. The Morgan fingerprint density at radius 3 is 2.90 bits per heavy atom. The zero-order chi connectivity index (χ0) is 15.1. The van der Waals surface area contributed by atoms with Gasteiger partial charge in [-0.1, -0.05) is 11.6 Å². The highest BCUT2D eigenvalue weighted by Crippen LogP contribution is 2.24. The zero-order valence-corrected chi connectivity index (χ0v) is 11.8. The van der Waals surface area contributed by atoms with Crippen molar-refractivity contribution in [2.45, 2.75) is 13.0 Å². The molecule has 1 aromatic heterocycles. The third-order valence-corrected chi connectivity index (χ3v) is 2.68. The number of ether oxygens (including phenoxy) is 1. The molecule has 0 aliphatic heterocycles. The molecule has 0 bridgehead atoms. The number of nitrogens with one attached hydrogen (secondary N) is 2. The number of carbonyl (C=O) groups excluding carboxylic acids is 1. The average Bonchev–Trinajstić information content (AvgIpc) is 2.40. The third kappa shape index (κ3) is 4.63. The van der Waals surface area contributed by atoms with E-state index in [-0.39, 0.29) is 22.4 Å². The maximum absolute atomic E-state index is 11.7. The smallest absolute Gasteiger partial charge is 0.289 e. The number of halogens is 1. The van der Waals surface area contributed by atoms with Crippen molar-refractivity contribution in [3.63, 3.8) is 0 Å². The molecule has 2 N–H and O–H groups in total. The van der Waals surface area contributed by atoms with Crippen molar-refractivity contribution in [3.05, 3.63) is 27.4 Å². The molecular weight excluding hydrogens is 288 g/mol. The van der Waals surface area contributed by atoms with E-state index in [1.807, 2.05) is 0 Å². The molecule has 0 radical (unpaired) electrons. The molecular formula is C11H15ClN4O4. The lowest BCUT2D eigenvalue weighted by Gasteiger charge is -2.15. The second-order valence-corrected chi connectivity index (χ2v) is 4.34. The molecule has 8 nitrogen and oxygen atoms in total. The molecule has 0 aliphatic carbocycles. The molecule has 9 heteroatoms. The van der Waals surface area contributed by atoms with Gasteiger partial charge in [0, 0.05) is 19.7 Å². The fraction of sp³-hybridized carbons (Fsp3) is 0.455. The lowest BCUT2D eigenvalue weighted by molar-refractivity contribution is -0.385. The fourth-order valence-corrected chi connectivity index (χ4v) is 1.55. The minimum absolute atomic E-state index is 0.0794. The first-order chi connectivity index (χ1) is 9.45. The number of nitro groups is 1. The minimum atomic E-state index is -0.594. The van der Waals surface area contributed by atoms with E-state index < -0.39 is 11.0 Å². The quantitative estimate of drug-likeness (QED) is 0.445. The van der Waals surface area contributed by atoms with Crippen molar-refractivity contribution in [3.8, 4) is 0 Å². The maximum Gasteiger partial charge on any atom is 0.289 e. The standard InChI is InChI=1S/C11H15ClN4O4/c1-7(11(17)13-3-4-20-2)15-10-9(12)5-8(6-14-10)16(18)19/h5-7H,3-4H2,1-2H3,(H,13,17)(H,14,15). The van der Waals surface area contributed by atoms with Crippen molar-refractivity contribution < 1.29 is 14.5 Å². The van der Waals surface area contributed by atoms with Crippen LogP contribution in [0.1, 0.15) is 6.92 Å². The first-order valence-electron chi connectivity index (χ1n) is 5.78. The number of anilines is 1. The average molecular weight is 303 g/mol. The summed E-state index contributed by atoms with van der Waals surface area (Å²) in [7, 11) is 1.54. The van der Waals surface area contributed by atoms with E-state index in [1.165, 1.54) is 13.2 Å². The Kier molecular flexibility index (Phi) is 6.13. The summed E-state index contributed by atoms with van der Waals surface area (Å²) in [4.78, 5) is 25.5. The molecule has 110 valence electrons. The summed E-state index contributed by atoms with van der Waals surface area (Å²) >= 11 is 5.87. The van der Waals surface area contributed by atoms with Crippen molar-refractivity contribution >= 4 is 29.0 Å². The topological polar surface area (TPSA) is 106 Å². The largest absolute Gasteiger partial charge is 0.383 e. The number of rotatable bonds is 7. The van der Waals surface area contributed by atoms with Gasteiger partial charge in [0.25, 0.3) is 5.69 Å². The van der Waals surface area contributed by atoms with Crippen molar-refractivity contribution in [2.24, 2.45) is 0 Å². The van der Waals surface area contributed by atoms with Gasteiger partial charge in [-0.05, 0) is 6.92 Å². The molecule has 0 saturated carbocycles. The number of methoxy groups -OCH3 is 1. The van der Waals surface area contributed by atoms with Crippen molar-refractivity contribution in [1.29, 1.82) is 0 Å². The van der Waals surface area contributed by atoms with Gasteiger partial charge in [-0.25, -0.2) is 4.98 Å². The molecule has 0 spiro atoms. The second-order valence-electron chi connectivity index (χ2n) is 3.93. The van der Waals surface area contributed by atoms with Crippen LogP contribution in [0.3, 0.4) is 0 Å². The van der Waals surface area contributed by atoms with Crippen LogP contribution in [-0.4, -0.2) is 42.1 Å². The number of carbonyl (C=O) groups is 1. The van der Waals surface area contributed by atoms with Crippen LogP contribution in [0.15, 0.2) is 12.3 Å².